The van der Waals surface area contributed by atoms with Gasteiger partial charge >= 0.3 is 0 Å². The van der Waals surface area contributed by atoms with E-state index in [1.165, 1.54) is 329 Å². The quantitative estimate of drug-likeness (QED) is 0.0444. The van der Waals surface area contributed by atoms with Crippen molar-refractivity contribution in [2.75, 3.05) is 0 Å². The van der Waals surface area contributed by atoms with Gasteiger partial charge in [-0.05, 0) is 45.7 Å². The van der Waals surface area contributed by atoms with Gasteiger partial charge in [0.25, 0.3) is 0 Å². The molecule has 0 fully saturated rings. The van der Waals surface area contributed by atoms with Gasteiger partial charge in [0, 0.05) is 6.04 Å². The minimum atomic E-state index is 0.132. The summed E-state index contributed by atoms with van der Waals surface area (Å²) in [5.41, 5.74) is 8.06. The van der Waals surface area contributed by atoms with E-state index in [-0.39, 0.29) is 6.04 Å². The van der Waals surface area contributed by atoms with E-state index in [9.17, 15) is 0 Å². The molecule has 0 aliphatic carbocycles. The summed E-state index contributed by atoms with van der Waals surface area (Å²) >= 11 is 0. The van der Waals surface area contributed by atoms with Crippen LogP contribution in [0.2, 0.25) is 0 Å². The fourth-order valence-corrected chi connectivity index (χ4v) is 10.9. The number of unbranched alkanes of at least 4 members (excludes halogenated alkanes) is 46. The van der Waals surface area contributed by atoms with Gasteiger partial charge in [-0.3, -0.25) is 0 Å². The predicted octanol–water partition coefficient (Wildman–Crippen LogP) is 22.7. The molecule has 0 bridgehead atoms. The van der Waals surface area contributed by atoms with E-state index < -0.39 is 0 Å². The molecule has 1 atom stereocenters. The van der Waals surface area contributed by atoms with Crippen molar-refractivity contribution in [3.8, 4) is 0 Å². The Morgan fingerprint density at radius 2 is 0.523 bits per heavy atom. The fourth-order valence-electron chi connectivity index (χ4n) is 10.9. The molecule has 1 nitrogen and oxygen atoms in total. The first-order chi connectivity index (χ1) is 32.3. The lowest BCUT2D eigenvalue weighted by Crippen LogP contribution is -2.10. The minimum absolute atomic E-state index is 0.132. The maximum Gasteiger partial charge on any atom is 0.0301 e. The Kier molecular flexibility index (Phi) is 38.4. The Hall–Kier alpha value is -1.86. The summed E-state index contributed by atoms with van der Waals surface area (Å²) in [7, 11) is 0. The summed E-state index contributed by atoms with van der Waals surface area (Å²) in [6.07, 6.45) is 69.9. The third-order valence-electron chi connectivity index (χ3n) is 15.3. The molecule has 0 aromatic heterocycles. The molecule has 1 heteroatoms. The first kappa shape index (κ1) is 57.5. The Labute approximate surface area is 406 Å². The summed E-state index contributed by atoms with van der Waals surface area (Å²) in [6.45, 7) is 2.31. The SMILES string of the molecule is CCCCCCCCCCCCCCCCCCCCCCCCCCCCCCCCCCCCCCCCCCCCCCCCCC(N)c1cccc2cc3ccccc3cc12. The second-order valence-electron chi connectivity index (χ2n) is 21.4. The zero-order valence-corrected chi connectivity index (χ0v) is 43.8. The Morgan fingerprint density at radius 1 is 0.277 bits per heavy atom. The molecule has 0 spiro atoms. The summed E-state index contributed by atoms with van der Waals surface area (Å²) in [6, 6.07) is 20.1. The fraction of sp³-hybridized carbons (Fsp3) is 0.781. The van der Waals surface area contributed by atoms with Crippen LogP contribution in [0.5, 0.6) is 0 Å². The van der Waals surface area contributed by atoms with Gasteiger partial charge in [-0.2, -0.15) is 0 Å². The average Bonchev–Trinajstić information content (AvgIpc) is 3.32. The first-order valence-electron chi connectivity index (χ1n) is 30.0. The highest BCUT2D eigenvalue weighted by molar-refractivity contribution is 5.99. The zero-order valence-electron chi connectivity index (χ0n) is 43.8. The van der Waals surface area contributed by atoms with Crippen LogP contribution in [-0.4, -0.2) is 0 Å². The Bertz CT molecular complexity index is 1440. The lowest BCUT2D eigenvalue weighted by molar-refractivity contribution is 0.507. The number of hydrogen-bond acceptors (Lipinski definition) is 1. The van der Waals surface area contributed by atoms with E-state index in [4.69, 9.17) is 5.73 Å². The molecule has 0 saturated carbocycles. The second-order valence-corrected chi connectivity index (χ2v) is 21.4. The molecule has 0 heterocycles. The zero-order chi connectivity index (χ0) is 45.8. The van der Waals surface area contributed by atoms with Gasteiger partial charge in [-0.25, -0.2) is 0 Å². The third-order valence-corrected chi connectivity index (χ3v) is 15.3. The van der Waals surface area contributed by atoms with Crippen LogP contribution in [0, 0.1) is 0 Å². The molecule has 3 aromatic carbocycles. The highest BCUT2D eigenvalue weighted by atomic mass is 14.6. The monoisotopic (exact) mass is 894 g/mol. The normalized spacial score (nSPS) is 12.3. The van der Waals surface area contributed by atoms with Crippen LogP contribution in [-0.2, 0) is 0 Å². The van der Waals surface area contributed by atoms with Gasteiger partial charge in [0.2, 0.25) is 0 Å². The molecule has 0 amide bonds. The van der Waals surface area contributed by atoms with Crippen molar-refractivity contribution in [1.82, 2.24) is 0 Å². The molecular weight excluding hydrogens is 783 g/mol. The molecule has 2 N–H and O–H groups in total. The topological polar surface area (TPSA) is 26.0 Å². The van der Waals surface area contributed by atoms with Crippen LogP contribution >= 0.6 is 0 Å². The van der Waals surface area contributed by atoms with Gasteiger partial charge in [0.1, 0.15) is 0 Å². The molecule has 0 aliphatic rings. The smallest absolute Gasteiger partial charge is 0.0301 e. The van der Waals surface area contributed by atoms with Gasteiger partial charge in [-0.1, -0.05) is 351 Å². The van der Waals surface area contributed by atoms with E-state index in [2.05, 4.69) is 61.5 Å². The van der Waals surface area contributed by atoms with E-state index in [1.54, 1.807) is 0 Å². The molecule has 3 rings (SSSR count). The van der Waals surface area contributed by atoms with Crippen molar-refractivity contribution in [2.45, 2.75) is 321 Å². The Balaban J connectivity index is 0.911. The van der Waals surface area contributed by atoms with Crippen molar-refractivity contribution >= 4 is 21.5 Å². The predicted molar refractivity (Wildman–Crippen MR) is 296 cm³/mol. The van der Waals surface area contributed by atoms with E-state index in [0.717, 1.165) is 6.42 Å². The van der Waals surface area contributed by atoms with Gasteiger partial charge in [-0.15, -0.1) is 0 Å². The van der Waals surface area contributed by atoms with Crippen molar-refractivity contribution in [3.05, 3.63) is 60.2 Å². The lowest BCUT2D eigenvalue weighted by Gasteiger charge is -2.15. The van der Waals surface area contributed by atoms with Crippen LogP contribution in [0.4, 0.5) is 0 Å². The van der Waals surface area contributed by atoms with Crippen molar-refractivity contribution in [2.24, 2.45) is 5.73 Å². The maximum absolute atomic E-state index is 6.74. The standard InChI is InChI=1S/C64H111N/c1-2-3-4-5-6-7-8-9-10-11-12-13-14-15-16-17-18-19-20-21-22-23-24-25-26-27-28-29-30-31-32-33-34-35-36-37-38-39-40-41-42-43-44-45-46-47-48-56-64(65)62-55-51-54-61-57-59-52-49-50-53-60(59)58-63(61)62/h49-55,57-58,64H,2-48,56,65H2,1H3. The molecule has 65 heavy (non-hydrogen) atoms. The molecular formula is C64H111N. The van der Waals surface area contributed by atoms with E-state index >= 15 is 0 Å². The average molecular weight is 895 g/mol. The van der Waals surface area contributed by atoms with Gasteiger partial charge in [0.15, 0.2) is 0 Å². The number of nitrogens with two attached hydrogens (primary N) is 1. The van der Waals surface area contributed by atoms with Crippen LogP contribution < -0.4 is 5.73 Å². The van der Waals surface area contributed by atoms with E-state index in [0.29, 0.717) is 0 Å². The molecule has 3 aromatic rings. The highest BCUT2D eigenvalue weighted by Crippen LogP contribution is 2.30. The lowest BCUT2D eigenvalue weighted by atomic mass is 9.93. The largest absolute Gasteiger partial charge is 0.324 e. The number of fused-ring (bicyclic) bond motifs is 2. The third kappa shape index (κ3) is 31.7. The van der Waals surface area contributed by atoms with Crippen molar-refractivity contribution < 1.29 is 0 Å². The summed E-state index contributed by atoms with van der Waals surface area (Å²) in [4.78, 5) is 0. The second kappa shape index (κ2) is 43.4. The number of benzene rings is 3. The van der Waals surface area contributed by atoms with Gasteiger partial charge < -0.3 is 5.73 Å². The molecule has 0 radical (unpaired) electrons. The molecule has 0 saturated heterocycles. The first-order valence-corrected chi connectivity index (χ1v) is 30.0. The molecule has 372 valence electrons. The minimum Gasteiger partial charge on any atom is -0.324 e. The van der Waals surface area contributed by atoms with Crippen LogP contribution in [0.25, 0.3) is 21.5 Å². The van der Waals surface area contributed by atoms with Crippen molar-refractivity contribution in [3.63, 3.8) is 0 Å². The highest BCUT2D eigenvalue weighted by Gasteiger charge is 2.11. The Morgan fingerprint density at radius 3 is 0.815 bits per heavy atom. The van der Waals surface area contributed by atoms with Crippen LogP contribution in [0.15, 0.2) is 54.6 Å². The molecule has 1 unspecified atom stereocenters. The summed E-state index contributed by atoms with van der Waals surface area (Å²) in [5.74, 6) is 0. The maximum atomic E-state index is 6.74. The van der Waals surface area contributed by atoms with Crippen LogP contribution in [0.3, 0.4) is 0 Å². The summed E-state index contributed by atoms with van der Waals surface area (Å²) in [5, 5.41) is 5.26. The van der Waals surface area contributed by atoms with E-state index in [1.807, 2.05) is 0 Å². The number of hydrogen-bond donors (Lipinski definition) is 1. The van der Waals surface area contributed by atoms with Crippen molar-refractivity contribution in [1.29, 1.82) is 0 Å². The number of rotatable bonds is 49. The summed E-state index contributed by atoms with van der Waals surface area (Å²) < 4.78 is 0. The van der Waals surface area contributed by atoms with Gasteiger partial charge in [0.05, 0.1) is 0 Å². The molecule has 0 aliphatic heterocycles. The van der Waals surface area contributed by atoms with Crippen LogP contribution in [0.1, 0.15) is 327 Å².